The van der Waals surface area contributed by atoms with Gasteiger partial charge in [-0.15, -0.1) is 0 Å². The maximum Gasteiger partial charge on any atom is 0.419 e. The molecule has 0 unspecified atom stereocenters. The topological polar surface area (TPSA) is 58.6 Å². The molecule has 6 heteroatoms. The number of carbonyl (C=O) groups is 2. The summed E-state index contributed by atoms with van der Waals surface area (Å²) in [6.07, 6.45) is -0.221. The average Bonchev–Trinajstić information content (AvgIpc) is 2.57. The van der Waals surface area contributed by atoms with Crippen LogP contribution in [0.1, 0.15) is 20.3 Å². The molecule has 2 aromatic carbocycles. The van der Waals surface area contributed by atoms with Crippen LogP contribution in [0, 0.1) is 5.82 Å². The van der Waals surface area contributed by atoms with E-state index in [9.17, 15) is 14.0 Å². The molecule has 24 heavy (non-hydrogen) atoms. The molecule has 0 aliphatic carbocycles. The number of rotatable bonds is 5. The third-order valence-corrected chi connectivity index (χ3v) is 3.32. The fraction of sp³-hybridized carbons (Fsp3) is 0.222. The molecule has 1 N–H and O–H groups in total. The van der Waals surface area contributed by atoms with E-state index in [1.54, 1.807) is 38.1 Å². The number of hydrogen-bond acceptors (Lipinski definition) is 3. The summed E-state index contributed by atoms with van der Waals surface area (Å²) in [5, 5.41) is 2.70. The highest BCUT2D eigenvalue weighted by Gasteiger charge is 2.16. The van der Waals surface area contributed by atoms with E-state index in [1.165, 1.54) is 29.2 Å². The van der Waals surface area contributed by atoms with Crippen LogP contribution in [0.2, 0.25) is 0 Å². The number of hydrogen-bond donors (Lipinski definition) is 1. The lowest BCUT2D eigenvalue weighted by Crippen LogP contribution is -2.33. The summed E-state index contributed by atoms with van der Waals surface area (Å²) in [5.41, 5.74) is 1.09. The molecular formula is C18H19FN2O3. The summed E-state index contributed by atoms with van der Waals surface area (Å²) in [7, 11) is 0. The van der Waals surface area contributed by atoms with Crippen molar-refractivity contribution < 1.29 is 18.7 Å². The van der Waals surface area contributed by atoms with E-state index in [1.807, 2.05) is 0 Å². The second kappa shape index (κ2) is 8.10. The highest BCUT2D eigenvalue weighted by molar-refractivity contribution is 5.91. The van der Waals surface area contributed by atoms with Crippen LogP contribution in [0.4, 0.5) is 20.6 Å². The standard InChI is InChI=1S/C18H19FN2O3/c1-3-17(22)20-14-6-5-7-16(12-14)24-18(23)21(4-2)15-10-8-13(19)9-11-15/h5-12H,3-4H2,1-2H3,(H,20,22). The molecule has 0 aliphatic rings. The summed E-state index contributed by atoms with van der Waals surface area (Å²) in [6.45, 7) is 3.92. The minimum absolute atomic E-state index is 0.125. The van der Waals surface area contributed by atoms with Crippen molar-refractivity contribution in [3.05, 3.63) is 54.3 Å². The zero-order valence-electron chi connectivity index (χ0n) is 13.6. The monoisotopic (exact) mass is 330 g/mol. The number of benzene rings is 2. The molecule has 2 aromatic rings. The summed E-state index contributed by atoms with van der Waals surface area (Å²) < 4.78 is 18.4. The van der Waals surface area contributed by atoms with Gasteiger partial charge >= 0.3 is 6.09 Å². The molecule has 0 aliphatic heterocycles. The van der Waals surface area contributed by atoms with Crippen LogP contribution in [-0.4, -0.2) is 18.5 Å². The SMILES string of the molecule is CCC(=O)Nc1cccc(OC(=O)N(CC)c2ccc(F)cc2)c1. The summed E-state index contributed by atoms with van der Waals surface area (Å²) in [5.74, 6) is -0.183. The number of nitrogens with one attached hydrogen (secondary N) is 1. The van der Waals surface area contributed by atoms with E-state index < -0.39 is 6.09 Å². The summed E-state index contributed by atoms with van der Waals surface area (Å²) in [6, 6.07) is 12.2. The van der Waals surface area contributed by atoms with E-state index in [-0.39, 0.29) is 11.7 Å². The van der Waals surface area contributed by atoms with Gasteiger partial charge in [0.25, 0.3) is 0 Å². The first-order valence-corrected chi connectivity index (χ1v) is 7.68. The summed E-state index contributed by atoms with van der Waals surface area (Å²) >= 11 is 0. The quantitative estimate of drug-likeness (QED) is 0.894. The maximum absolute atomic E-state index is 13.0. The molecule has 0 bridgehead atoms. The summed E-state index contributed by atoms with van der Waals surface area (Å²) in [4.78, 5) is 25.2. The van der Waals surface area contributed by atoms with Gasteiger partial charge in [-0.25, -0.2) is 9.18 Å². The van der Waals surface area contributed by atoms with Gasteiger partial charge in [0, 0.05) is 30.4 Å². The maximum atomic E-state index is 13.0. The smallest absolute Gasteiger partial charge is 0.410 e. The van der Waals surface area contributed by atoms with Crippen molar-refractivity contribution in [2.45, 2.75) is 20.3 Å². The van der Waals surface area contributed by atoms with Crippen molar-refractivity contribution in [3.63, 3.8) is 0 Å². The molecule has 5 nitrogen and oxygen atoms in total. The molecule has 0 saturated carbocycles. The molecule has 0 fully saturated rings. The number of halogens is 1. The zero-order chi connectivity index (χ0) is 17.5. The first kappa shape index (κ1) is 17.5. The molecule has 0 heterocycles. The minimum Gasteiger partial charge on any atom is -0.410 e. The number of carbonyl (C=O) groups excluding carboxylic acids is 2. The van der Waals surface area contributed by atoms with Crippen molar-refractivity contribution in [1.82, 2.24) is 0 Å². The van der Waals surface area contributed by atoms with Crippen molar-refractivity contribution in [1.29, 1.82) is 0 Å². The van der Waals surface area contributed by atoms with Gasteiger partial charge in [-0.3, -0.25) is 9.69 Å². The van der Waals surface area contributed by atoms with Gasteiger partial charge in [-0.05, 0) is 43.3 Å². The minimum atomic E-state index is -0.580. The highest BCUT2D eigenvalue weighted by Crippen LogP contribution is 2.21. The number of amides is 2. The van der Waals surface area contributed by atoms with Crippen LogP contribution in [0.15, 0.2) is 48.5 Å². The Hall–Kier alpha value is -2.89. The van der Waals surface area contributed by atoms with Crippen LogP contribution in [0.25, 0.3) is 0 Å². The average molecular weight is 330 g/mol. The molecule has 2 rings (SSSR count). The van der Waals surface area contributed by atoms with Crippen molar-refractivity contribution in [2.24, 2.45) is 0 Å². The van der Waals surface area contributed by atoms with E-state index >= 15 is 0 Å². The van der Waals surface area contributed by atoms with Gasteiger partial charge in [0.1, 0.15) is 11.6 Å². The second-order valence-electron chi connectivity index (χ2n) is 5.02. The van der Waals surface area contributed by atoms with E-state index in [0.717, 1.165) is 0 Å². The van der Waals surface area contributed by atoms with E-state index in [4.69, 9.17) is 4.74 Å². The lowest BCUT2D eigenvalue weighted by molar-refractivity contribution is -0.115. The van der Waals surface area contributed by atoms with Crippen LogP contribution in [0.5, 0.6) is 5.75 Å². The molecule has 2 amide bonds. The van der Waals surface area contributed by atoms with E-state index in [2.05, 4.69) is 5.32 Å². The largest absolute Gasteiger partial charge is 0.419 e. The number of anilines is 2. The van der Waals surface area contributed by atoms with Crippen molar-refractivity contribution in [3.8, 4) is 5.75 Å². The first-order chi connectivity index (χ1) is 11.5. The fourth-order valence-electron chi connectivity index (χ4n) is 2.08. The fourth-order valence-corrected chi connectivity index (χ4v) is 2.08. The second-order valence-corrected chi connectivity index (χ2v) is 5.02. The van der Waals surface area contributed by atoms with Gasteiger partial charge in [0.15, 0.2) is 0 Å². The molecular weight excluding hydrogens is 311 g/mol. The van der Waals surface area contributed by atoms with Gasteiger partial charge in [-0.2, -0.15) is 0 Å². The lowest BCUT2D eigenvalue weighted by atomic mass is 10.3. The predicted octanol–water partition coefficient (Wildman–Crippen LogP) is 4.20. The highest BCUT2D eigenvalue weighted by atomic mass is 19.1. The molecule has 0 spiro atoms. The Balaban J connectivity index is 2.11. The lowest BCUT2D eigenvalue weighted by Gasteiger charge is -2.20. The van der Waals surface area contributed by atoms with Crippen LogP contribution >= 0.6 is 0 Å². The van der Waals surface area contributed by atoms with E-state index in [0.29, 0.717) is 30.1 Å². The third-order valence-electron chi connectivity index (χ3n) is 3.32. The van der Waals surface area contributed by atoms with Gasteiger partial charge < -0.3 is 10.1 Å². The number of ether oxygens (including phenoxy) is 1. The Morgan fingerprint density at radius 2 is 1.83 bits per heavy atom. The Morgan fingerprint density at radius 1 is 1.12 bits per heavy atom. The number of nitrogens with zero attached hydrogens (tertiary/aromatic N) is 1. The third kappa shape index (κ3) is 4.55. The van der Waals surface area contributed by atoms with Gasteiger partial charge in [-0.1, -0.05) is 13.0 Å². The first-order valence-electron chi connectivity index (χ1n) is 7.68. The van der Waals surface area contributed by atoms with Crippen LogP contribution < -0.4 is 15.0 Å². The van der Waals surface area contributed by atoms with Crippen molar-refractivity contribution in [2.75, 3.05) is 16.8 Å². The Kier molecular flexibility index (Phi) is 5.89. The molecule has 0 atom stereocenters. The van der Waals surface area contributed by atoms with Gasteiger partial charge in [0.2, 0.25) is 5.91 Å². The molecule has 0 aromatic heterocycles. The Morgan fingerprint density at radius 3 is 2.46 bits per heavy atom. The molecule has 0 radical (unpaired) electrons. The zero-order valence-corrected chi connectivity index (χ0v) is 13.6. The van der Waals surface area contributed by atoms with Crippen LogP contribution in [0.3, 0.4) is 0 Å². The predicted molar refractivity (Wildman–Crippen MR) is 90.8 cm³/mol. The Bertz CT molecular complexity index is 716. The van der Waals surface area contributed by atoms with Crippen molar-refractivity contribution >= 4 is 23.4 Å². The normalized spacial score (nSPS) is 10.1. The Labute approximate surface area is 140 Å². The van der Waals surface area contributed by atoms with Gasteiger partial charge in [0.05, 0.1) is 0 Å². The molecule has 0 saturated heterocycles. The molecule has 126 valence electrons. The van der Waals surface area contributed by atoms with Crippen LogP contribution in [-0.2, 0) is 4.79 Å².